The highest BCUT2D eigenvalue weighted by Crippen LogP contribution is 2.43. The van der Waals surface area contributed by atoms with E-state index in [0.29, 0.717) is 24.8 Å². The molecule has 37 heavy (non-hydrogen) atoms. The Morgan fingerprint density at radius 1 is 1.05 bits per heavy atom. The number of aromatic nitrogens is 4. The minimum atomic E-state index is -4.35. The van der Waals surface area contributed by atoms with E-state index in [1.807, 2.05) is 25.3 Å². The maximum atomic E-state index is 11.6. The molecule has 0 radical (unpaired) electrons. The molecule has 0 atom stereocenters. The zero-order valence-corrected chi connectivity index (χ0v) is 21.0. The average molecular weight is 516 g/mol. The Morgan fingerprint density at radius 3 is 2.57 bits per heavy atom. The number of nitrogens with one attached hydrogen (secondary N) is 1. The summed E-state index contributed by atoms with van der Waals surface area (Å²) in [5, 5.41) is 9.93. The zero-order chi connectivity index (χ0) is 25.6. The lowest BCUT2D eigenvalue weighted by molar-refractivity contribution is 0.0845. The van der Waals surface area contributed by atoms with Crippen molar-refractivity contribution in [1.82, 2.24) is 20.2 Å². The highest BCUT2D eigenvalue weighted by atomic mass is 31.2. The summed E-state index contributed by atoms with van der Waals surface area (Å²) in [5.41, 5.74) is 4.78. The van der Waals surface area contributed by atoms with Gasteiger partial charge in [-0.1, -0.05) is 0 Å². The van der Waals surface area contributed by atoms with E-state index in [9.17, 15) is 14.4 Å². The maximum absolute atomic E-state index is 11.6. The summed E-state index contributed by atoms with van der Waals surface area (Å²) >= 11 is 0. The van der Waals surface area contributed by atoms with E-state index >= 15 is 0 Å². The maximum Gasteiger partial charge on any atom is 0.356 e. The van der Waals surface area contributed by atoms with Crippen molar-refractivity contribution >= 4 is 34.6 Å². The number of hydrogen-bond donors (Lipinski definition) is 3. The summed E-state index contributed by atoms with van der Waals surface area (Å²) in [6, 6.07) is 14.0. The van der Waals surface area contributed by atoms with Gasteiger partial charge in [0.25, 0.3) is 0 Å². The van der Waals surface area contributed by atoms with Crippen molar-refractivity contribution in [1.29, 1.82) is 0 Å². The van der Waals surface area contributed by atoms with Crippen LogP contribution in [0.15, 0.2) is 60.9 Å². The van der Waals surface area contributed by atoms with Gasteiger partial charge >= 0.3 is 7.60 Å². The van der Waals surface area contributed by atoms with E-state index in [-0.39, 0.29) is 11.2 Å². The Morgan fingerprint density at radius 2 is 1.84 bits per heavy atom. The van der Waals surface area contributed by atoms with Gasteiger partial charge in [-0.15, -0.1) is 0 Å². The molecule has 1 saturated heterocycles. The van der Waals surface area contributed by atoms with E-state index in [2.05, 4.69) is 27.3 Å². The molecule has 2 aromatic carbocycles. The molecule has 3 aromatic heterocycles. The minimum absolute atomic E-state index is 0.0665. The number of aromatic amines is 1. The number of benzene rings is 2. The van der Waals surface area contributed by atoms with Crippen LogP contribution in [0.1, 0.15) is 30.1 Å². The van der Waals surface area contributed by atoms with Crippen LogP contribution in [0.25, 0.3) is 32.8 Å². The molecular formula is C27H25N4O5P. The van der Waals surface area contributed by atoms with E-state index in [0.717, 1.165) is 57.0 Å². The molecular weight excluding hydrogens is 491 g/mol. The molecule has 0 spiro atoms. The van der Waals surface area contributed by atoms with Crippen LogP contribution in [0.2, 0.25) is 0 Å². The molecule has 9 nitrogen and oxygen atoms in total. The number of aryl methyl sites for hydroxylation is 1. The predicted octanol–water partition coefficient (Wildman–Crippen LogP) is 4.97. The summed E-state index contributed by atoms with van der Waals surface area (Å²) in [5.74, 6) is 1.04. The van der Waals surface area contributed by atoms with E-state index in [1.54, 1.807) is 18.3 Å². The quantitative estimate of drug-likeness (QED) is 0.279. The van der Waals surface area contributed by atoms with Crippen molar-refractivity contribution in [3.8, 4) is 22.8 Å². The fourth-order valence-corrected chi connectivity index (χ4v) is 5.44. The van der Waals surface area contributed by atoms with E-state index in [4.69, 9.17) is 14.5 Å². The van der Waals surface area contributed by atoms with Gasteiger partial charge in [0, 0.05) is 47.4 Å². The average Bonchev–Trinajstić information content (AvgIpc) is 3.35. The van der Waals surface area contributed by atoms with Gasteiger partial charge in [0.15, 0.2) is 0 Å². The lowest BCUT2D eigenvalue weighted by atomic mass is 9.87. The van der Waals surface area contributed by atoms with Gasteiger partial charge in [0.1, 0.15) is 5.75 Å². The van der Waals surface area contributed by atoms with Crippen LogP contribution < -0.4 is 10.0 Å². The third-order valence-electron chi connectivity index (χ3n) is 6.74. The first-order chi connectivity index (χ1) is 17.9. The monoisotopic (exact) mass is 516 g/mol. The van der Waals surface area contributed by atoms with E-state index < -0.39 is 7.60 Å². The van der Waals surface area contributed by atoms with Crippen molar-refractivity contribution in [3.63, 3.8) is 0 Å². The summed E-state index contributed by atoms with van der Waals surface area (Å²) in [4.78, 5) is 28.4. The van der Waals surface area contributed by atoms with Crippen molar-refractivity contribution < 1.29 is 23.8 Å². The molecule has 0 bridgehead atoms. The lowest BCUT2D eigenvalue weighted by Gasteiger charge is -2.26. The molecule has 0 unspecified atom stereocenters. The molecule has 1 aliphatic rings. The number of rotatable bonds is 5. The Labute approximate surface area is 212 Å². The van der Waals surface area contributed by atoms with Crippen LogP contribution in [0.4, 0.5) is 0 Å². The molecule has 0 amide bonds. The molecule has 4 heterocycles. The van der Waals surface area contributed by atoms with Gasteiger partial charge in [0.05, 0.1) is 22.7 Å². The largest absolute Gasteiger partial charge is 0.438 e. The number of pyridine rings is 2. The van der Waals surface area contributed by atoms with Gasteiger partial charge in [-0.05, 0) is 79.2 Å². The number of ether oxygens (including phenoxy) is 2. The second kappa shape index (κ2) is 9.36. The number of nitrogens with zero attached hydrogens (tertiary/aromatic N) is 3. The van der Waals surface area contributed by atoms with Crippen LogP contribution >= 0.6 is 7.60 Å². The molecule has 5 aromatic rings. The molecule has 0 aliphatic carbocycles. The third kappa shape index (κ3) is 4.63. The van der Waals surface area contributed by atoms with Crippen LogP contribution in [0, 0.1) is 6.92 Å². The van der Waals surface area contributed by atoms with Crippen LogP contribution in [-0.2, 0) is 9.30 Å². The van der Waals surface area contributed by atoms with Gasteiger partial charge in [-0.3, -0.25) is 14.6 Å². The highest BCUT2D eigenvalue weighted by molar-refractivity contribution is 7.60. The number of fused-ring (bicyclic) bond motifs is 2. The Bertz CT molecular complexity index is 1660. The normalized spacial score (nSPS) is 14.9. The lowest BCUT2D eigenvalue weighted by Crippen LogP contribution is -2.16. The number of H-pyrrole nitrogens is 1. The summed E-state index contributed by atoms with van der Waals surface area (Å²) < 4.78 is 23.5. The second-order valence-corrected chi connectivity index (χ2v) is 10.8. The van der Waals surface area contributed by atoms with Gasteiger partial charge in [-0.2, -0.15) is 5.10 Å². The van der Waals surface area contributed by atoms with Crippen LogP contribution in [-0.4, -0.2) is 43.2 Å². The highest BCUT2D eigenvalue weighted by Gasteiger charge is 2.26. The van der Waals surface area contributed by atoms with Gasteiger partial charge < -0.3 is 19.3 Å². The smallest absolute Gasteiger partial charge is 0.356 e. The standard InChI is InChI=1S/C27H25N4O5P/c1-16-12-18(6-9-28-16)25-22-13-19-15-29-31-24(19)14-23(22)27(30-26(25)17-7-10-35-11-8-17)36-20-2-4-21(5-3-20)37(32,33)34/h2-6,9,12-15,17H,7-8,10-11H2,1H3,(H,29,31)(H2,32,33,34). The van der Waals surface area contributed by atoms with Crippen molar-refractivity contribution in [3.05, 3.63) is 72.3 Å². The van der Waals surface area contributed by atoms with E-state index in [1.165, 1.54) is 12.1 Å². The van der Waals surface area contributed by atoms with Crippen molar-refractivity contribution in [2.45, 2.75) is 25.7 Å². The predicted molar refractivity (Wildman–Crippen MR) is 140 cm³/mol. The molecule has 1 fully saturated rings. The molecule has 0 saturated carbocycles. The number of hydrogen-bond acceptors (Lipinski definition) is 6. The van der Waals surface area contributed by atoms with Crippen molar-refractivity contribution in [2.75, 3.05) is 13.2 Å². The summed E-state index contributed by atoms with van der Waals surface area (Å²) in [7, 11) is -4.35. The SMILES string of the molecule is Cc1cc(-c2c(C3CCOCC3)nc(Oc3ccc(P(=O)(O)O)cc3)c3cc4[nH]ncc4cc23)ccn1. The fourth-order valence-electron chi connectivity index (χ4n) is 4.91. The molecule has 6 rings (SSSR count). The Hall–Kier alpha value is -3.62. The first-order valence-electron chi connectivity index (χ1n) is 12.0. The van der Waals surface area contributed by atoms with Crippen LogP contribution in [0.3, 0.4) is 0 Å². The molecule has 188 valence electrons. The molecule has 10 heteroatoms. The Kier molecular flexibility index (Phi) is 6.01. The topological polar surface area (TPSA) is 130 Å². The zero-order valence-electron chi connectivity index (χ0n) is 20.1. The second-order valence-electron chi connectivity index (χ2n) is 9.24. The van der Waals surface area contributed by atoms with Gasteiger partial charge in [0.2, 0.25) is 5.88 Å². The summed E-state index contributed by atoms with van der Waals surface area (Å²) in [6.07, 6.45) is 5.31. The minimum Gasteiger partial charge on any atom is -0.438 e. The first kappa shape index (κ1) is 23.8. The van der Waals surface area contributed by atoms with Crippen molar-refractivity contribution in [2.24, 2.45) is 0 Å². The summed E-state index contributed by atoms with van der Waals surface area (Å²) in [6.45, 7) is 3.31. The Balaban J connectivity index is 1.59. The first-order valence-corrected chi connectivity index (χ1v) is 13.6. The van der Waals surface area contributed by atoms with Crippen LogP contribution in [0.5, 0.6) is 11.6 Å². The third-order valence-corrected chi connectivity index (χ3v) is 7.71. The molecule has 3 N–H and O–H groups in total. The van der Waals surface area contributed by atoms with Gasteiger partial charge in [-0.25, -0.2) is 4.98 Å². The fraction of sp³-hybridized carbons (Fsp3) is 0.222. The molecule has 1 aliphatic heterocycles.